The number of ether oxygens (including phenoxy) is 1. The zero-order chi connectivity index (χ0) is 11.4. The topological polar surface area (TPSA) is 55.6 Å². The van der Waals surface area contributed by atoms with Crippen LogP contribution in [0.25, 0.3) is 0 Å². The van der Waals surface area contributed by atoms with Gasteiger partial charge in [0.05, 0.1) is 18.8 Å². The van der Waals surface area contributed by atoms with E-state index in [1.165, 1.54) is 0 Å². The molecule has 0 bridgehead atoms. The van der Waals surface area contributed by atoms with Gasteiger partial charge in [0, 0.05) is 12.6 Å². The Bertz CT molecular complexity index is 221. The molecule has 15 heavy (non-hydrogen) atoms. The Labute approximate surface area is 91.8 Å². The van der Waals surface area contributed by atoms with Crippen molar-refractivity contribution < 1.29 is 9.53 Å². The first-order valence-electron chi connectivity index (χ1n) is 5.76. The lowest BCUT2D eigenvalue weighted by Gasteiger charge is -2.41. The summed E-state index contributed by atoms with van der Waals surface area (Å²) in [6.07, 6.45) is 1.97. The highest BCUT2D eigenvalue weighted by Gasteiger charge is 2.32. The van der Waals surface area contributed by atoms with Crippen LogP contribution in [0.3, 0.4) is 0 Å². The summed E-state index contributed by atoms with van der Waals surface area (Å²) in [6, 6.07) is 0.194. The van der Waals surface area contributed by atoms with Crippen LogP contribution >= 0.6 is 0 Å². The van der Waals surface area contributed by atoms with Gasteiger partial charge in [0.15, 0.2) is 0 Å². The summed E-state index contributed by atoms with van der Waals surface area (Å²) < 4.78 is 5.59. The van der Waals surface area contributed by atoms with E-state index in [0.717, 1.165) is 19.4 Å². The predicted octanol–water partition coefficient (Wildman–Crippen LogP) is 0.750. The quantitative estimate of drug-likeness (QED) is 0.751. The Hall–Kier alpha value is -0.610. The number of hydrogen-bond donors (Lipinski definition) is 1. The van der Waals surface area contributed by atoms with E-state index < -0.39 is 0 Å². The van der Waals surface area contributed by atoms with E-state index in [1.54, 1.807) is 0 Å². The molecule has 0 spiro atoms. The van der Waals surface area contributed by atoms with Crippen molar-refractivity contribution in [3.05, 3.63) is 0 Å². The highest BCUT2D eigenvalue weighted by molar-refractivity contribution is 5.79. The molecule has 1 fully saturated rings. The number of rotatable bonds is 4. The highest BCUT2D eigenvalue weighted by Crippen LogP contribution is 2.18. The van der Waals surface area contributed by atoms with E-state index in [-0.39, 0.29) is 18.1 Å². The number of carbonyl (C=O) groups excluding carboxylic acids is 1. The Kier molecular flexibility index (Phi) is 4.54. The Balaban J connectivity index is 2.72. The fourth-order valence-electron chi connectivity index (χ4n) is 2.20. The first-order valence-corrected chi connectivity index (χ1v) is 5.76. The second-order valence-electron chi connectivity index (χ2n) is 4.23. The molecule has 0 radical (unpaired) electrons. The third-order valence-electron chi connectivity index (χ3n) is 3.10. The lowest BCUT2D eigenvalue weighted by molar-refractivity contribution is -0.130. The average Bonchev–Trinajstić information content (AvgIpc) is 2.18. The van der Waals surface area contributed by atoms with Gasteiger partial charge in [-0.25, -0.2) is 0 Å². The highest BCUT2D eigenvalue weighted by atomic mass is 16.5. The Morgan fingerprint density at radius 3 is 2.73 bits per heavy atom. The van der Waals surface area contributed by atoms with Gasteiger partial charge >= 0.3 is 0 Å². The number of nitrogens with zero attached hydrogens (tertiary/aromatic N) is 1. The van der Waals surface area contributed by atoms with Crippen LogP contribution in [0, 0.1) is 0 Å². The van der Waals surface area contributed by atoms with Crippen LogP contribution in [0.2, 0.25) is 0 Å². The number of amides is 1. The molecule has 88 valence electrons. The number of hydrogen-bond acceptors (Lipinski definition) is 3. The molecule has 4 heteroatoms. The minimum atomic E-state index is -0.218. The minimum Gasteiger partial charge on any atom is -0.376 e. The fourth-order valence-corrected chi connectivity index (χ4v) is 2.20. The first kappa shape index (κ1) is 12.5. The predicted molar refractivity (Wildman–Crippen MR) is 59.5 cm³/mol. The van der Waals surface area contributed by atoms with Gasteiger partial charge in [0.25, 0.3) is 0 Å². The lowest BCUT2D eigenvalue weighted by Crippen LogP contribution is -2.56. The molecule has 4 nitrogen and oxygen atoms in total. The molecular formula is C11H22N2O2. The SMILES string of the molecule is CCC1COC(C)CN1C(CC)C(N)=O. The van der Waals surface area contributed by atoms with Crippen molar-refractivity contribution in [1.82, 2.24) is 4.90 Å². The molecule has 1 heterocycles. The first-order chi connectivity index (χ1) is 7.10. The molecule has 1 rings (SSSR count). The molecule has 0 aromatic rings. The van der Waals surface area contributed by atoms with Crippen LogP contribution in [-0.2, 0) is 9.53 Å². The van der Waals surface area contributed by atoms with Crippen LogP contribution in [0.15, 0.2) is 0 Å². The van der Waals surface area contributed by atoms with E-state index in [4.69, 9.17) is 10.5 Å². The third-order valence-corrected chi connectivity index (χ3v) is 3.10. The van der Waals surface area contributed by atoms with E-state index >= 15 is 0 Å². The van der Waals surface area contributed by atoms with Crippen molar-refractivity contribution in [2.24, 2.45) is 5.73 Å². The second-order valence-corrected chi connectivity index (χ2v) is 4.23. The monoisotopic (exact) mass is 214 g/mol. The van der Waals surface area contributed by atoms with Gasteiger partial charge in [-0.05, 0) is 19.8 Å². The summed E-state index contributed by atoms with van der Waals surface area (Å²) >= 11 is 0. The van der Waals surface area contributed by atoms with Crippen molar-refractivity contribution >= 4 is 5.91 Å². The molecule has 1 saturated heterocycles. The van der Waals surface area contributed by atoms with Crippen molar-refractivity contribution in [3.63, 3.8) is 0 Å². The maximum absolute atomic E-state index is 11.3. The van der Waals surface area contributed by atoms with E-state index in [1.807, 2.05) is 13.8 Å². The Morgan fingerprint density at radius 1 is 1.60 bits per heavy atom. The molecule has 3 unspecified atom stereocenters. The number of primary amides is 1. The normalized spacial score (nSPS) is 30.1. The van der Waals surface area contributed by atoms with Crippen molar-refractivity contribution in [3.8, 4) is 0 Å². The van der Waals surface area contributed by atoms with Crippen molar-refractivity contribution in [2.45, 2.75) is 51.8 Å². The number of carbonyl (C=O) groups is 1. The molecule has 1 amide bonds. The van der Waals surface area contributed by atoms with E-state index in [9.17, 15) is 4.79 Å². The molecule has 1 aliphatic rings. The summed E-state index contributed by atoms with van der Waals surface area (Å²) in [5.41, 5.74) is 5.42. The molecular weight excluding hydrogens is 192 g/mol. The molecule has 0 aliphatic carbocycles. The van der Waals surface area contributed by atoms with Gasteiger partial charge in [-0.2, -0.15) is 0 Å². The van der Waals surface area contributed by atoms with E-state index in [2.05, 4.69) is 11.8 Å². The van der Waals surface area contributed by atoms with Gasteiger partial charge in [0.2, 0.25) is 5.91 Å². The Morgan fingerprint density at radius 2 is 2.27 bits per heavy atom. The number of nitrogens with two attached hydrogens (primary N) is 1. The maximum Gasteiger partial charge on any atom is 0.234 e. The van der Waals surface area contributed by atoms with Crippen LogP contribution in [0.5, 0.6) is 0 Å². The lowest BCUT2D eigenvalue weighted by atomic mass is 10.0. The largest absolute Gasteiger partial charge is 0.376 e. The standard InChI is InChI=1S/C11H22N2O2/c1-4-9-7-15-8(3)6-13(9)10(5-2)11(12)14/h8-10H,4-7H2,1-3H3,(H2,12,14). The van der Waals surface area contributed by atoms with Crippen molar-refractivity contribution in [1.29, 1.82) is 0 Å². The average molecular weight is 214 g/mol. The van der Waals surface area contributed by atoms with Gasteiger partial charge < -0.3 is 10.5 Å². The van der Waals surface area contributed by atoms with Crippen LogP contribution < -0.4 is 5.73 Å². The molecule has 2 N–H and O–H groups in total. The van der Waals surface area contributed by atoms with Gasteiger partial charge in [0.1, 0.15) is 0 Å². The minimum absolute atomic E-state index is 0.138. The number of morpholine rings is 1. The van der Waals surface area contributed by atoms with Gasteiger partial charge in [-0.15, -0.1) is 0 Å². The zero-order valence-electron chi connectivity index (χ0n) is 9.90. The molecule has 3 atom stereocenters. The van der Waals surface area contributed by atoms with E-state index in [0.29, 0.717) is 12.6 Å². The summed E-state index contributed by atoms with van der Waals surface area (Å²) in [5, 5.41) is 0. The molecule has 0 saturated carbocycles. The summed E-state index contributed by atoms with van der Waals surface area (Å²) in [7, 11) is 0. The van der Waals surface area contributed by atoms with Crippen LogP contribution in [0.1, 0.15) is 33.6 Å². The maximum atomic E-state index is 11.3. The molecule has 1 aliphatic heterocycles. The van der Waals surface area contributed by atoms with Crippen LogP contribution in [-0.4, -0.2) is 42.1 Å². The smallest absolute Gasteiger partial charge is 0.234 e. The van der Waals surface area contributed by atoms with Crippen molar-refractivity contribution in [2.75, 3.05) is 13.2 Å². The zero-order valence-corrected chi connectivity index (χ0v) is 9.90. The summed E-state index contributed by atoms with van der Waals surface area (Å²) in [4.78, 5) is 13.5. The molecule has 0 aromatic heterocycles. The molecule has 0 aromatic carbocycles. The fraction of sp³-hybridized carbons (Fsp3) is 0.909. The third kappa shape index (κ3) is 2.92. The van der Waals surface area contributed by atoms with Crippen LogP contribution in [0.4, 0.5) is 0 Å². The summed E-state index contributed by atoms with van der Waals surface area (Å²) in [6.45, 7) is 7.67. The van der Waals surface area contributed by atoms with Gasteiger partial charge in [-0.3, -0.25) is 9.69 Å². The second kappa shape index (κ2) is 5.47. The summed E-state index contributed by atoms with van der Waals surface area (Å²) in [5.74, 6) is -0.218. The van der Waals surface area contributed by atoms with Gasteiger partial charge in [-0.1, -0.05) is 13.8 Å².